The van der Waals surface area contributed by atoms with Crippen LogP contribution in [0.5, 0.6) is 11.5 Å². The van der Waals surface area contributed by atoms with E-state index in [1.807, 2.05) is 32.1 Å². The first-order chi connectivity index (χ1) is 10.00. The van der Waals surface area contributed by atoms with Gasteiger partial charge < -0.3 is 13.9 Å². The van der Waals surface area contributed by atoms with Crippen LogP contribution in [0.4, 0.5) is 0 Å². The summed E-state index contributed by atoms with van der Waals surface area (Å²) in [6.45, 7) is 6.61. The molecule has 0 aliphatic carbocycles. The molecule has 0 bridgehead atoms. The van der Waals surface area contributed by atoms with Crippen LogP contribution in [0.15, 0.2) is 33.5 Å². The summed E-state index contributed by atoms with van der Waals surface area (Å²) in [5.41, 5.74) is 0.508. The molecule has 0 saturated heterocycles. The van der Waals surface area contributed by atoms with Gasteiger partial charge in [-0.05, 0) is 44.6 Å². The molecule has 3 rings (SSSR count). The summed E-state index contributed by atoms with van der Waals surface area (Å²) >= 11 is 0. The zero-order chi connectivity index (χ0) is 15.0. The first-order valence-corrected chi connectivity index (χ1v) is 7.12. The predicted molar refractivity (Wildman–Crippen MR) is 82.0 cm³/mol. The van der Waals surface area contributed by atoms with Gasteiger partial charge in [0.25, 0.3) is 0 Å². The van der Waals surface area contributed by atoms with Crippen LogP contribution in [0.3, 0.4) is 0 Å². The third-order valence-corrected chi connectivity index (χ3v) is 3.34. The molecule has 1 aliphatic rings. The molecular formula is C17H18O4. The standard InChI is InChI=1S/C17H18O4/c1-4-9-19-13-10-11-5-6-14(18)20-15(11)12-7-8-17(2,3)21-16(12)13/h5-8,10H,4,9H2,1-3H3. The second-order valence-electron chi connectivity index (χ2n) is 5.68. The van der Waals surface area contributed by atoms with Gasteiger partial charge in [0.05, 0.1) is 12.2 Å². The second kappa shape index (κ2) is 4.95. The molecule has 2 heterocycles. The molecular weight excluding hydrogens is 268 g/mol. The van der Waals surface area contributed by atoms with Gasteiger partial charge in [-0.25, -0.2) is 4.79 Å². The predicted octanol–water partition coefficient (Wildman–Crippen LogP) is 3.77. The molecule has 110 valence electrons. The van der Waals surface area contributed by atoms with E-state index in [4.69, 9.17) is 13.9 Å². The quantitative estimate of drug-likeness (QED) is 0.806. The summed E-state index contributed by atoms with van der Waals surface area (Å²) in [4.78, 5) is 11.5. The Morgan fingerprint density at radius 2 is 2.10 bits per heavy atom. The lowest BCUT2D eigenvalue weighted by Crippen LogP contribution is -2.28. The molecule has 0 unspecified atom stereocenters. The van der Waals surface area contributed by atoms with Crippen LogP contribution in [0.2, 0.25) is 0 Å². The Morgan fingerprint density at radius 1 is 1.29 bits per heavy atom. The molecule has 2 aromatic rings. The molecule has 0 radical (unpaired) electrons. The van der Waals surface area contributed by atoms with Crippen molar-refractivity contribution >= 4 is 17.0 Å². The van der Waals surface area contributed by atoms with Crippen molar-refractivity contribution in [3.05, 3.63) is 40.3 Å². The fraction of sp³-hybridized carbons (Fsp3) is 0.353. The number of hydrogen-bond donors (Lipinski definition) is 0. The zero-order valence-corrected chi connectivity index (χ0v) is 12.4. The highest BCUT2D eigenvalue weighted by atomic mass is 16.5. The van der Waals surface area contributed by atoms with Gasteiger partial charge in [0.1, 0.15) is 11.2 Å². The van der Waals surface area contributed by atoms with E-state index in [-0.39, 0.29) is 5.63 Å². The Labute approximate surface area is 123 Å². The molecule has 0 saturated carbocycles. The van der Waals surface area contributed by atoms with E-state index in [0.29, 0.717) is 23.7 Å². The molecule has 4 heteroatoms. The highest BCUT2D eigenvalue weighted by Gasteiger charge is 2.27. The van der Waals surface area contributed by atoms with Crippen LogP contribution in [-0.2, 0) is 0 Å². The van der Waals surface area contributed by atoms with Crippen molar-refractivity contribution in [1.29, 1.82) is 0 Å². The van der Waals surface area contributed by atoms with Crippen molar-refractivity contribution < 1.29 is 13.9 Å². The van der Waals surface area contributed by atoms with E-state index >= 15 is 0 Å². The molecule has 4 nitrogen and oxygen atoms in total. The van der Waals surface area contributed by atoms with E-state index in [1.165, 1.54) is 6.07 Å². The first-order valence-electron chi connectivity index (χ1n) is 7.12. The van der Waals surface area contributed by atoms with Gasteiger partial charge in [-0.3, -0.25) is 0 Å². The van der Waals surface area contributed by atoms with Gasteiger partial charge in [-0.15, -0.1) is 0 Å². The fourth-order valence-electron chi connectivity index (χ4n) is 2.35. The topological polar surface area (TPSA) is 48.7 Å². The summed E-state index contributed by atoms with van der Waals surface area (Å²) in [6, 6.07) is 5.02. The monoisotopic (exact) mass is 286 g/mol. The summed E-state index contributed by atoms with van der Waals surface area (Å²) < 4.78 is 17.2. The van der Waals surface area contributed by atoms with E-state index in [0.717, 1.165) is 17.4 Å². The highest BCUT2D eigenvalue weighted by molar-refractivity contribution is 5.91. The van der Waals surface area contributed by atoms with E-state index in [1.54, 1.807) is 6.07 Å². The Balaban J connectivity index is 2.26. The van der Waals surface area contributed by atoms with Gasteiger partial charge in [-0.1, -0.05) is 6.92 Å². The van der Waals surface area contributed by atoms with E-state index in [9.17, 15) is 4.79 Å². The molecule has 1 aliphatic heterocycles. The summed E-state index contributed by atoms with van der Waals surface area (Å²) in [5, 5.41) is 0.826. The Kier molecular flexibility index (Phi) is 3.24. The SMILES string of the molecule is CCCOc1cc2ccc(=O)oc2c2c1OC(C)(C)C=C2. The second-order valence-corrected chi connectivity index (χ2v) is 5.68. The molecule has 0 spiro atoms. The van der Waals surface area contributed by atoms with Gasteiger partial charge in [0.2, 0.25) is 0 Å². The summed E-state index contributed by atoms with van der Waals surface area (Å²) in [5.74, 6) is 1.32. The maximum atomic E-state index is 11.5. The van der Waals surface area contributed by atoms with Crippen LogP contribution in [0.1, 0.15) is 32.8 Å². The number of benzene rings is 1. The average Bonchev–Trinajstić information content (AvgIpc) is 2.44. The van der Waals surface area contributed by atoms with E-state index in [2.05, 4.69) is 6.92 Å². The van der Waals surface area contributed by atoms with E-state index < -0.39 is 5.60 Å². The lowest BCUT2D eigenvalue weighted by molar-refractivity contribution is 0.149. The fourth-order valence-corrected chi connectivity index (χ4v) is 2.35. The Hall–Kier alpha value is -2.23. The molecule has 0 amide bonds. The van der Waals surface area contributed by atoms with Crippen molar-refractivity contribution in [2.45, 2.75) is 32.8 Å². The lowest BCUT2D eigenvalue weighted by Gasteiger charge is -2.29. The zero-order valence-electron chi connectivity index (χ0n) is 12.4. The average molecular weight is 286 g/mol. The van der Waals surface area contributed by atoms with Gasteiger partial charge in [0.15, 0.2) is 11.5 Å². The minimum absolute atomic E-state index is 0.370. The highest BCUT2D eigenvalue weighted by Crippen LogP contribution is 2.43. The first kappa shape index (κ1) is 13.7. The van der Waals surface area contributed by atoms with Crippen LogP contribution in [0, 0.1) is 0 Å². The van der Waals surface area contributed by atoms with Crippen molar-refractivity contribution in [3.63, 3.8) is 0 Å². The minimum atomic E-state index is -0.417. The lowest BCUT2D eigenvalue weighted by atomic mass is 10.00. The molecule has 1 aromatic heterocycles. The maximum absolute atomic E-state index is 11.5. The largest absolute Gasteiger partial charge is 0.490 e. The molecule has 21 heavy (non-hydrogen) atoms. The number of ether oxygens (including phenoxy) is 2. The molecule has 0 N–H and O–H groups in total. The van der Waals surface area contributed by atoms with Crippen LogP contribution in [-0.4, -0.2) is 12.2 Å². The molecule has 0 fully saturated rings. The summed E-state index contributed by atoms with van der Waals surface area (Å²) in [6.07, 6.45) is 4.80. The van der Waals surface area contributed by atoms with Gasteiger partial charge in [0, 0.05) is 11.5 Å². The number of hydrogen-bond acceptors (Lipinski definition) is 4. The van der Waals surface area contributed by atoms with Crippen LogP contribution >= 0.6 is 0 Å². The Bertz CT molecular complexity index is 768. The minimum Gasteiger partial charge on any atom is -0.490 e. The van der Waals surface area contributed by atoms with Crippen molar-refractivity contribution in [2.24, 2.45) is 0 Å². The van der Waals surface area contributed by atoms with Crippen LogP contribution in [0.25, 0.3) is 17.0 Å². The normalized spacial score (nSPS) is 15.6. The van der Waals surface area contributed by atoms with Gasteiger partial charge >= 0.3 is 5.63 Å². The summed E-state index contributed by atoms with van der Waals surface area (Å²) in [7, 11) is 0. The smallest absolute Gasteiger partial charge is 0.336 e. The molecule has 0 atom stereocenters. The third kappa shape index (κ3) is 2.53. The number of fused-ring (bicyclic) bond motifs is 3. The Morgan fingerprint density at radius 3 is 2.86 bits per heavy atom. The van der Waals surface area contributed by atoms with Crippen molar-refractivity contribution in [3.8, 4) is 11.5 Å². The van der Waals surface area contributed by atoms with Crippen molar-refractivity contribution in [1.82, 2.24) is 0 Å². The third-order valence-electron chi connectivity index (χ3n) is 3.34. The maximum Gasteiger partial charge on any atom is 0.336 e. The number of rotatable bonds is 3. The molecule has 1 aromatic carbocycles. The van der Waals surface area contributed by atoms with Gasteiger partial charge in [-0.2, -0.15) is 0 Å². The van der Waals surface area contributed by atoms with Crippen LogP contribution < -0.4 is 15.1 Å². The van der Waals surface area contributed by atoms with Crippen molar-refractivity contribution in [2.75, 3.05) is 6.61 Å².